The number of nitrogens with zero attached hydrogens (tertiary/aromatic N) is 4. The Labute approximate surface area is 184 Å². The lowest BCUT2D eigenvalue weighted by Gasteiger charge is -2.39. The maximum atomic E-state index is 11.3. The van der Waals surface area contributed by atoms with E-state index in [9.17, 15) is 19.8 Å². The predicted molar refractivity (Wildman–Crippen MR) is 119 cm³/mol. The summed E-state index contributed by atoms with van der Waals surface area (Å²) in [6, 6.07) is 8.08. The molecule has 2 bridgehead atoms. The van der Waals surface area contributed by atoms with Crippen LogP contribution in [0.2, 0.25) is 0 Å². The molecule has 4 N–H and O–H groups in total. The van der Waals surface area contributed by atoms with Crippen LogP contribution in [-0.4, -0.2) is 120 Å². The van der Waals surface area contributed by atoms with Crippen LogP contribution in [0.25, 0.3) is 0 Å². The van der Waals surface area contributed by atoms with E-state index >= 15 is 0 Å². The number of rotatable bonds is 6. The van der Waals surface area contributed by atoms with E-state index < -0.39 is 11.9 Å². The number of nitrogen functional groups attached to an aromatic ring is 1. The molecular weight excluding hydrogens is 398 g/mol. The molecule has 172 valence electrons. The summed E-state index contributed by atoms with van der Waals surface area (Å²) in [6.07, 6.45) is 0.963. The summed E-state index contributed by atoms with van der Waals surface area (Å²) in [5.41, 5.74) is 7.88. The third-order valence-corrected chi connectivity index (χ3v) is 6.18. The van der Waals surface area contributed by atoms with Gasteiger partial charge in [-0.3, -0.25) is 19.4 Å². The summed E-state index contributed by atoms with van der Waals surface area (Å²) < 4.78 is 0. The van der Waals surface area contributed by atoms with Gasteiger partial charge >= 0.3 is 11.9 Å². The number of fused-ring (bicyclic) bond motifs is 4. The molecule has 2 aliphatic heterocycles. The first kappa shape index (κ1) is 23.5. The third kappa shape index (κ3) is 8.10. The van der Waals surface area contributed by atoms with Crippen LogP contribution in [0.3, 0.4) is 0 Å². The summed E-state index contributed by atoms with van der Waals surface area (Å²) >= 11 is 0. The minimum Gasteiger partial charge on any atom is -0.480 e. The van der Waals surface area contributed by atoms with Gasteiger partial charge in [0.2, 0.25) is 0 Å². The van der Waals surface area contributed by atoms with Crippen LogP contribution in [0, 0.1) is 5.92 Å². The van der Waals surface area contributed by atoms with Crippen molar-refractivity contribution in [3.63, 3.8) is 0 Å². The van der Waals surface area contributed by atoms with E-state index in [4.69, 9.17) is 5.73 Å². The monoisotopic (exact) mass is 433 g/mol. The molecule has 2 saturated heterocycles. The first-order valence-corrected chi connectivity index (χ1v) is 11.0. The van der Waals surface area contributed by atoms with Crippen molar-refractivity contribution in [2.24, 2.45) is 5.92 Å². The number of hydrogen-bond acceptors (Lipinski definition) is 7. The summed E-state index contributed by atoms with van der Waals surface area (Å²) in [5.74, 6) is -1.15. The fourth-order valence-electron chi connectivity index (χ4n) is 4.55. The van der Waals surface area contributed by atoms with Crippen molar-refractivity contribution in [1.29, 1.82) is 0 Å². The van der Waals surface area contributed by atoms with E-state index in [1.807, 2.05) is 21.9 Å². The van der Waals surface area contributed by atoms with Gasteiger partial charge in [0.15, 0.2) is 0 Å². The fourth-order valence-corrected chi connectivity index (χ4v) is 4.55. The highest BCUT2D eigenvalue weighted by Crippen LogP contribution is 2.16. The Morgan fingerprint density at radius 1 is 0.774 bits per heavy atom. The van der Waals surface area contributed by atoms with Crippen LogP contribution in [0.1, 0.15) is 5.56 Å². The second-order valence-corrected chi connectivity index (χ2v) is 8.75. The third-order valence-electron chi connectivity index (χ3n) is 6.18. The van der Waals surface area contributed by atoms with E-state index in [-0.39, 0.29) is 13.1 Å². The Morgan fingerprint density at radius 3 is 1.58 bits per heavy atom. The van der Waals surface area contributed by atoms with Gasteiger partial charge in [0.05, 0.1) is 13.1 Å². The molecule has 0 saturated carbocycles. The van der Waals surface area contributed by atoms with E-state index in [1.54, 1.807) is 0 Å². The molecule has 2 aliphatic rings. The molecule has 1 aromatic rings. The number of carboxylic acids is 2. The van der Waals surface area contributed by atoms with Crippen LogP contribution in [-0.2, 0) is 16.0 Å². The number of nitrogens with two attached hydrogens (primary N) is 1. The second-order valence-electron chi connectivity index (χ2n) is 8.75. The van der Waals surface area contributed by atoms with E-state index in [0.29, 0.717) is 32.1 Å². The smallest absolute Gasteiger partial charge is 0.317 e. The number of hydrogen-bond donors (Lipinski definition) is 3. The standard InChI is InChI=1S/C22H35N5O4/c23-20-3-1-18(2-4-20)13-19-14-24-5-9-26(16-21(28)29)11-7-25(15-19)8-12-27(10-6-24)17-22(30)31/h1-4,19H,5-17,23H2,(H,28,29)(H,30,31). The van der Waals surface area contributed by atoms with Gasteiger partial charge in [-0.15, -0.1) is 0 Å². The van der Waals surface area contributed by atoms with Crippen LogP contribution >= 0.6 is 0 Å². The first-order valence-electron chi connectivity index (χ1n) is 11.0. The highest BCUT2D eigenvalue weighted by Gasteiger charge is 2.25. The number of carboxylic acid groups (broad SMARTS) is 2. The Morgan fingerprint density at radius 2 is 1.19 bits per heavy atom. The first-order chi connectivity index (χ1) is 14.9. The SMILES string of the molecule is Nc1ccc(CC2CN3CCN(CC(=O)O)CCN(CCN(CC(=O)O)CC3)C2)cc1. The second kappa shape index (κ2) is 11.4. The molecule has 0 radical (unpaired) electrons. The van der Waals surface area contributed by atoms with Gasteiger partial charge in [-0.25, -0.2) is 0 Å². The van der Waals surface area contributed by atoms with Crippen LogP contribution in [0.4, 0.5) is 5.69 Å². The molecule has 0 aliphatic carbocycles. The van der Waals surface area contributed by atoms with E-state index in [0.717, 1.165) is 51.4 Å². The van der Waals surface area contributed by atoms with E-state index in [2.05, 4.69) is 21.9 Å². The molecular formula is C22H35N5O4. The van der Waals surface area contributed by atoms with Gasteiger partial charge in [0.25, 0.3) is 0 Å². The van der Waals surface area contributed by atoms with Crippen molar-refractivity contribution in [2.75, 3.05) is 84.3 Å². The molecule has 9 heteroatoms. The number of anilines is 1. The molecule has 3 rings (SSSR count). The maximum Gasteiger partial charge on any atom is 0.317 e. The van der Waals surface area contributed by atoms with Crippen molar-refractivity contribution in [3.8, 4) is 0 Å². The normalized spacial score (nSPS) is 26.5. The number of carbonyl (C=O) groups is 2. The lowest BCUT2D eigenvalue weighted by atomic mass is 9.97. The largest absolute Gasteiger partial charge is 0.480 e. The quantitative estimate of drug-likeness (QED) is 0.526. The van der Waals surface area contributed by atoms with Gasteiger partial charge in [-0.2, -0.15) is 0 Å². The lowest BCUT2D eigenvalue weighted by Crippen LogP contribution is -2.52. The summed E-state index contributed by atoms with van der Waals surface area (Å²) in [7, 11) is 0. The molecule has 0 unspecified atom stereocenters. The average Bonchev–Trinajstić information content (AvgIpc) is 2.71. The highest BCUT2D eigenvalue weighted by atomic mass is 16.4. The van der Waals surface area contributed by atoms with Crippen molar-refractivity contribution >= 4 is 17.6 Å². The Hall–Kier alpha value is -2.20. The number of benzene rings is 1. The van der Waals surface area contributed by atoms with E-state index in [1.165, 1.54) is 5.56 Å². The molecule has 2 heterocycles. The highest BCUT2D eigenvalue weighted by molar-refractivity contribution is 5.69. The topological polar surface area (TPSA) is 114 Å². The molecule has 0 spiro atoms. The Kier molecular flexibility index (Phi) is 8.65. The van der Waals surface area contributed by atoms with Gasteiger partial charge in [0.1, 0.15) is 0 Å². The molecule has 31 heavy (non-hydrogen) atoms. The summed E-state index contributed by atoms with van der Waals surface area (Å²) in [5, 5.41) is 18.5. The van der Waals surface area contributed by atoms with Crippen LogP contribution in [0.5, 0.6) is 0 Å². The zero-order valence-electron chi connectivity index (χ0n) is 18.2. The Balaban J connectivity index is 1.76. The predicted octanol–water partition coefficient (Wildman–Crippen LogP) is -0.168. The van der Waals surface area contributed by atoms with Crippen LogP contribution in [0.15, 0.2) is 24.3 Å². The van der Waals surface area contributed by atoms with Gasteiger partial charge in [-0.05, 0) is 30.0 Å². The van der Waals surface area contributed by atoms with Crippen molar-refractivity contribution < 1.29 is 19.8 Å². The van der Waals surface area contributed by atoms with Gasteiger partial charge in [-0.1, -0.05) is 12.1 Å². The van der Waals surface area contributed by atoms with Crippen LogP contribution < -0.4 is 5.73 Å². The molecule has 2 fully saturated rings. The zero-order chi connectivity index (χ0) is 22.2. The summed E-state index contributed by atoms with van der Waals surface area (Å²) in [4.78, 5) is 31.3. The minimum atomic E-state index is -0.795. The molecule has 0 amide bonds. The number of aliphatic carboxylic acids is 2. The van der Waals surface area contributed by atoms with Gasteiger partial charge < -0.3 is 25.7 Å². The molecule has 0 atom stereocenters. The molecule has 9 nitrogen and oxygen atoms in total. The molecule has 1 aromatic carbocycles. The summed E-state index contributed by atoms with van der Waals surface area (Å²) in [6.45, 7) is 7.87. The minimum absolute atomic E-state index is 0.0572. The fraction of sp³-hybridized carbons (Fsp3) is 0.636. The van der Waals surface area contributed by atoms with Crippen molar-refractivity contribution in [2.45, 2.75) is 6.42 Å². The van der Waals surface area contributed by atoms with Crippen molar-refractivity contribution in [1.82, 2.24) is 19.6 Å². The Bertz CT molecular complexity index is 675. The zero-order valence-corrected chi connectivity index (χ0v) is 18.2. The molecule has 0 aromatic heterocycles. The lowest BCUT2D eigenvalue weighted by molar-refractivity contribution is -0.139. The van der Waals surface area contributed by atoms with Gasteiger partial charge in [0, 0.05) is 71.1 Å². The van der Waals surface area contributed by atoms with Crippen molar-refractivity contribution in [3.05, 3.63) is 29.8 Å². The maximum absolute atomic E-state index is 11.3. The average molecular weight is 434 g/mol.